The van der Waals surface area contributed by atoms with Crippen molar-refractivity contribution in [1.29, 1.82) is 0 Å². The summed E-state index contributed by atoms with van der Waals surface area (Å²) in [6.45, 7) is 2.92. The van der Waals surface area contributed by atoms with Crippen LogP contribution in [0.3, 0.4) is 0 Å². The predicted molar refractivity (Wildman–Crippen MR) is 132 cm³/mol. The number of aryl methyl sites for hydroxylation is 1. The van der Waals surface area contributed by atoms with Crippen LogP contribution in [-0.4, -0.2) is 69.2 Å². The molecule has 1 fully saturated rings. The molecule has 2 aliphatic rings. The van der Waals surface area contributed by atoms with Gasteiger partial charge < -0.3 is 25.4 Å². The fourth-order valence-corrected chi connectivity index (χ4v) is 4.36. The lowest BCUT2D eigenvalue weighted by atomic mass is 10.1. The minimum atomic E-state index is -0.559. The zero-order valence-corrected chi connectivity index (χ0v) is 20.3. The van der Waals surface area contributed by atoms with Gasteiger partial charge in [0.05, 0.1) is 66.6 Å². The number of rotatable bonds is 8. The fourth-order valence-electron chi connectivity index (χ4n) is 4.16. The molecule has 11 heteroatoms. The highest BCUT2D eigenvalue weighted by atomic mass is 35.5. The average Bonchev–Trinajstić information content (AvgIpc) is 3.15. The number of benzene rings is 1. The van der Waals surface area contributed by atoms with Crippen molar-refractivity contribution in [2.75, 3.05) is 31.7 Å². The third kappa shape index (κ3) is 5.01. The third-order valence-corrected chi connectivity index (χ3v) is 6.39. The van der Waals surface area contributed by atoms with Gasteiger partial charge in [0.15, 0.2) is 0 Å². The SMILES string of the molecule is Cc1cccc(C(CO)NC(=O)CN2Cc3ncc(-c4nc(NC5COC5)ncc4Cl)cc3C2=O)c1. The molecule has 2 amide bonds. The number of hydrogen-bond acceptors (Lipinski definition) is 8. The molecular formula is C25H25ClN6O4. The van der Waals surface area contributed by atoms with Crippen molar-refractivity contribution in [3.63, 3.8) is 0 Å². The molecule has 2 aromatic heterocycles. The van der Waals surface area contributed by atoms with Gasteiger partial charge in [0.25, 0.3) is 5.91 Å². The summed E-state index contributed by atoms with van der Waals surface area (Å²) >= 11 is 6.35. The molecule has 4 heterocycles. The van der Waals surface area contributed by atoms with Crippen LogP contribution >= 0.6 is 11.6 Å². The van der Waals surface area contributed by atoms with E-state index >= 15 is 0 Å². The van der Waals surface area contributed by atoms with E-state index in [4.69, 9.17) is 16.3 Å². The molecule has 5 rings (SSSR count). The molecule has 1 unspecified atom stereocenters. The summed E-state index contributed by atoms with van der Waals surface area (Å²) in [5.74, 6) is -0.257. The van der Waals surface area contributed by atoms with Gasteiger partial charge in [-0.15, -0.1) is 0 Å². The number of aromatic nitrogens is 3. The van der Waals surface area contributed by atoms with Gasteiger partial charge in [-0.25, -0.2) is 9.97 Å². The van der Waals surface area contributed by atoms with E-state index in [2.05, 4.69) is 25.6 Å². The highest BCUT2D eigenvalue weighted by Gasteiger charge is 2.31. The molecule has 0 spiro atoms. The highest BCUT2D eigenvalue weighted by Crippen LogP contribution is 2.30. The zero-order valence-electron chi connectivity index (χ0n) is 19.6. The summed E-state index contributed by atoms with van der Waals surface area (Å²) in [5.41, 5.74) is 3.83. The van der Waals surface area contributed by atoms with Crippen LogP contribution in [0.4, 0.5) is 5.95 Å². The summed E-state index contributed by atoms with van der Waals surface area (Å²) < 4.78 is 5.16. The number of fused-ring (bicyclic) bond motifs is 1. The molecule has 186 valence electrons. The van der Waals surface area contributed by atoms with Crippen molar-refractivity contribution >= 4 is 29.4 Å². The lowest BCUT2D eigenvalue weighted by Gasteiger charge is -2.26. The van der Waals surface area contributed by atoms with Crippen LogP contribution < -0.4 is 10.6 Å². The van der Waals surface area contributed by atoms with E-state index in [0.29, 0.717) is 46.7 Å². The fraction of sp³-hybridized carbons (Fsp3) is 0.320. The van der Waals surface area contributed by atoms with Crippen molar-refractivity contribution in [3.8, 4) is 11.3 Å². The summed E-state index contributed by atoms with van der Waals surface area (Å²) in [5, 5.41) is 16.1. The van der Waals surface area contributed by atoms with Crippen LogP contribution in [0, 0.1) is 6.92 Å². The number of amides is 2. The Kier molecular flexibility index (Phi) is 6.82. The Labute approximate surface area is 212 Å². The van der Waals surface area contributed by atoms with Crippen molar-refractivity contribution in [3.05, 3.63) is 70.1 Å². The number of anilines is 1. The van der Waals surface area contributed by atoms with Gasteiger partial charge in [0.1, 0.15) is 6.54 Å². The van der Waals surface area contributed by atoms with E-state index in [1.54, 1.807) is 12.3 Å². The lowest BCUT2D eigenvalue weighted by molar-refractivity contribution is -0.122. The van der Waals surface area contributed by atoms with Gasteiger partial charge in [-0.3, -0.25) is 14.6 Å². The molecular weight excluding hydrogens is 484 g/mol. The molecule has 2 aliphatic heterocycles. The minimum Gasteiger partial charge on any atom is -0.394 e. The molecule has 0 bridgehead atoms. The largest absolute Gasteiger partial charge is 0.394 e. The molecule has 1 aromatic carbocycles. The van der Waals surface area contributed by atoms with E-state index in [9.17, 15) is 14.7 Å². The Hall–Kier alpha value is -3.60. The maximum atomic E-state index is 13.1. The number of ether oxygens (including phenoxy) is 1. The number of nitrogens with zero attached hydrogens (tertiary/aromatic N) is 4. The quantitative estimate of drug-likeness (QED) is 0.422. The van der Waals surface area contributed by atoms with Crippen LogP contribution in [-0.2, 0) is 16.1 Å². The number of aliphatic hydroxyl groups excluding tert-OH is 1. The number of halogens is 1. The molecule has 3 N–H and O–H groups in total. The van der Waals surface area contributed by atoms with E-state index in [0.717, 1.165) is 11.1 Å². The van der Waals surface area contributed by atoms with E-state index < -0.39 is 6.04 Å². The van der Waals surface area contributed by atoms with Gasteiger partial charge in [-0.1, -0.05) is 41.4 Å². The number of pyridine rings is 1. The first-order chi connectivity index (χ1) is 17.4. The Morgan fingerprint density at radius 3 is 2.83 bits per heavy atom. The second-order valence-corrected chi connectivity index (χ2v) is 9.27. The van der Waals surface area contributed by atoms with Gasteiger partial charge >= 0.3 is 0 Å². The monoisotopic (exact) mass is 508 g/mol. The Balaban J connectivity index is 1.28. The smallest absolute Gasteiger partial charge is 0.256 e. The van der Waals surface area contributed by atoms with Crippen LogP contribution in [0.2, 0.25) is 5.02 Å². The molecule has 0 saturated carbocycles. The predicted octanol–water partition coefficient (Wildman–Crippen LogP) is 2.12. The van der Waals surface area contributed by atoms with E-state index in [-0.39, 0.29) is 37.6 Å². The number of carbonyl (C=O) groups is 2. The van der Waals surface area contributed by atoms with Crippen molar-refractivity contribution in [1.82, 2.24) is 25.2 Å². The first-order valence-electron chi connectivity index (χ1n) is 11.5. The molecule has 1 atom stereocenters. The minimum absolute atomic E-state index is 0.148. The van der Waals surface area contributed by atoms with Crippen molar-refractivity contribution in [2.24, 2.45) is 0 Å². The maximum absolute atomic E-state index is 13.1. The molecule has 10 nitrogen and oxygen atoms in total. The third-order valence-electron chi connectivity index (χ3n) is 6.11. The molecule has 1 saturated heterocycles. The van der Waals surface area contributed by atoms with Crippen LogP contribution in [0.5, 0.6) is 0 Å². The normalized spacial score (nSPS) is 15.9. The van der Waals surface area contributed by atoms with Crippen LogP contribution in [0.1, 0.15) is 33.2 Å². The maximum Gasteiger partial charge on any atom is 0.256 e. The van der Waals surface area contributed by atoms with E-state index in [1.165, 1.54) is 11.1 Å². The number of carbonyl (C=O) groups excluding carboxylic acids is 2. The summed E-state index contributed by atoms with van der Waals surface area (Å²) in [4.78, 5) is 40.4. The number of aliphatic hydroxyl groups is 1. The van der Waals surface area contributed by atoms with Gasteiger partial charge in [0.2, 0.25) is 11.9 Å². The topological polar surface area (TPSA) is 130 Å². The second-order valence-electron chi connectivity index (χ2n) is 8.87. The zero-order chi connectivity index (χ0) is 25.2. The molecule has 36 heavy (non-hydrogen) atoms. The van der Waals surface area contributed by atoms with Crippen molar-refractivity contribution < 1.29 is 19.4 Å². The Morgan fingerprint density at radius 2 is 2.11 bits per heavy atom. The van der Waals surface area contributed by atoms with Gasteiger partial charge in [0, 0.05) is 11.8 Å². The average molecular weight is 509 g/mol. The van der Waals surface area contributed by atoms with Crippen molar-refractivity contribution in [2.45, 2.75) is 25.6 Å². The lowest BCUT2D eigenvalue weighted by Crippen LogP contribution is -2.40. The highest BCUT2D eigenvalue weighted by molar-refractivity contribution is 6.32. The second kappa shape index (κ2) is 10.2. The van der Waals surface area contributed by atoms with Gasteiger partial charge in [-0.2, -0.15) is 0 Å². The van der Waals surface area contributed by atoms with E-state index in [1.807, 2.05) is 31.2 Å². The standard InChI is InChI=1S/C25H25ClN6O4/c1-14-3-2-4-15(5-14)21(11-33)30-22(34)10-32-9-20-18(24(32)35)6-16(7-27-20)23-19(26)8-28-25(31-23)29-17-12-36-13-17/h2-8,17,21,33H,9-13H2,1H3,(H,30,34)(H,28,29,31). The number of nitrogens with one attached hydrogen (secondary N) is 2. The van der Waals surface area contributed by atoms with Gasteiger partial charge in [-0.05, 0) is 18.6 Å². The first kappa shape index (κ1) is 24.1. The molecule has 0 aliphatic carbocycles. The van der Waals surface area contributed by atoms with Crippen LogP contribution in [0.15, 0.2) is 42.7 Å². The Bertz CT molecular complexity index is 1320. The summed E-state index contributed by atoms with van der Waals surface area (Å²) in [6.07, 6.45) is 3.11. The molecule has 3 aromatic rings. The first-order valence-corrected chi connectivity index (χ1v) is 11.9. The Morgan fingerprint density at radius 1 is 1.28 bits per heavy atom. The summed E-state index contributed by atoms with van der Waals surface area (Å²) in [7, 11) is 0. The van der Waals surface area contributed by atoms with Crippen LogP contribution in [0.25, 0.3) is 11.3 Å². The number of hydrogen-bond donors (Lipinski definition) is 3. The molecule has 0 radical (unpaired) electrons. The summed E-state index contributed by atoms with van der Waals surface area (Å²) in [6, 6.07) is 8.84.